The monoisotopic (exact) mass is 388 g/mol. The van der Waals surface area contributed by atoms with Gasteiger partial charge in [0.2, 0.25) is 0 Å². The maximum atomic E-state index is 12.9. The number of methoxy groups -OCH3 is 1. The summed E-state index contributed by atoms with van der Waals surface area (Å²) in [5, 5.41) is 5.28. The highest BCUT2D eigenvalue weighted by molar-refractivity contribution is 7.10. The predicted molar refractivity (Wildman–Crippen MR) is 108 cm³/mol. The van der Waals surface area contributed by atoms with Crippen LogP contribution in [0.2, 0.25) is 0 Å². The number of likely N-dealkylation sites (tertiary alicyclic amines) is 1. The molecular formula is C21H28N2O3S. The van der Waals surface area contributed by atoms with E-state index in [4.69, 9.17) is 9.47 Å². The molecule has 1 saturated heterocycles. The van der Waals surface area contributed by atoms with Gasteiger partial charge < -0.3 is 19.7 Å². The van der Waals surface area contributed by atoms with Gasteiger partial charge in [0.25, 0.3) is 0 Å². The van der Waals surface area contributed by atoms with Crippen molar-refractivity contribution >= 4 is 17.4 Å². The van der Waals surface area contributed by atoms with Gasteiger partial charge in [-0.15, -0.1) is 11.3 Å². The van der Waals surface area contributed by atoms with Gasteiger partial charge >= 0.3 is 6.03 Å². The Morgan fingerprint density at radius 3 is 2.59 bits per heavy atom. The van der Waals surface area contributed by atoms with E-state index >= 15 is 0 Å². The van der Waals surface area contributed by atoms with Crippen LogP contribution >= 0.6 is 11.3 Å². The molecule has 0 radical (unpaired) electrons. The van der Waals surface area contributed by atoms with Crippen molar-refractivity contribution in [2.24, 2.45) is 0 Å². The smallest absolute Gasteiger partial charge is 0.318 e. The van der Waals surface area contributed by atoms with E-state index in [-0.39, 0.29) is 18.2 Å². The van der Waals surface area contributed by atoms with Gasteiger partial charge in [0.05, 0.1) is 25.4 Å². The fourth-order valence-corrected chi connectivity index (χ4v) is 4.07. The van der Waals surface area contributed by atoms with Gasteiger partial charge in [0.1, 0.15) is 0 Å². The van der Waals surface area contributed by atoms with Gasteiger partial charge in [0.15, 0.2) is 0 Å². The first kappa shape index (κ1) is 19.9. The summed E-state index contributed by atoms with van der Waals surface area (Å²) in [5.74, 6) is 0. The standard InChI is InChI=1S/C21H28N2O3S/c1-16-5-7-17(8-6-16)20(19-4-3-15-27-19)22-21(24)23-11-9-18(10-12-23)26-14-13-25-2/h3-8,15,18,20H,9-14H2,1-2H3,(H,22,24)/t20-/m1/s1. The molecule has 27 heavy (non-hydrogen) atoms. The molecule has 1 atom stereocenters. The quantitative estimate of drug-likeness (QED) is 0.730. The summed E-state index contributed by atoms with van der Waals surface area (Å²) in [6.07, 6.45) is 1.95. The number of urea groups is 1. The first-order valence-corrected chi connectivity index (χ1v) is 10.3. The topological polar surface area (TPSA) is 50.8 Å². The van der Waals surface area contributed by atoms with E-state index in [1.807, 2.05) is 16.3 Å². The van der Waals surface area contributed by atoms with Crippen molar-refractivity contribution < 1.29 is 14.3 Å². The third-order valence-electron chi connectivity index (χ3n) is 4.88. The van der Waals surface area contributed by atoms with Crippen LogP contribution in [0.15, 0.2) is 41.8 Å². The fourth-order valence-electron chi connectivity index (χ4n) is 3.27. The first-order chi connectivity index (χ1) is 13.2. The average Bonchev–Trinajstić information content (AvgIpc) is 3.22. The number of amides is 2. The number of rotatable bonds is 7. The fraction of sp³-hybridized carbons (Fsp3) is 0.476. The number of nitrogens with zero attached hydrogens (tertiary/aromatic N) is 1. The highest BCUT2D eigenvalue weighted by Crippen LogP contribution is 2.27. The average molecular weight is 389 g/mol. The first-order valence-electron chi connectivity index (χ1n) is 9.43. The molecule has 6 heteroatoms. The summed E-state index contributed by atoms with van der Waals surface area (Å²) in [6, 6.07) is 12.3. The van der Waals surface area contributed by atoms with E-state index in [0.29, 0.717) is 26.3 Å². The predicted octanol–water partition coefficient (Wildman–Crippen LogP) is 3.98. The van der Waals surface area contributed by atoms with Crippen LogP contribution in [0.25, 0.3) is 0 Å². The largest absolute Gasteiger partial charge is 0.382 e. The zero-order chi connectivity index (χ0) is 19.1. The molecule has 0 unspecified atom stereocenters. The minimum Gasteiger partial charge on any atom is -0.382 e. The highest BCUT2D eigenvalue weighted by Gasteiger charge is 2.26. The number of piperidine rings is 1. The summed E-state index contributed by atoms with van der Waals surface area (Å²) in [4.78, 5) is 15.9. The van der Waals surface area contributed by atoms with Crippen LogP contribution in [0.1, 0.15) is 34.9 Å². The van der Waals surface area contributed by atoms with Gasteiger partial charge in [-0.05, 0) is 36.8 Å². The lowest BCUT2D eigenvalue weighted by molar-refractivity contribution is -0.00926. The summed E-state index contributed by atoms with van der Waals surface area (Å²) in [5.41, 5.74) is 2.32. The van der Waals surface area contributed by atoms with Crippen molar-refractivity contribution in [3.63, 3.8) is 0 Å². The number of hydrogen-bond acceptors (Lipinski definition) is 4. The maximum Gasteiger partial charge on any atom is 0.318 e. The van der Waals surface area contributed by atoms with Gasteiger partial charge in [-0.25, -0.2) is 4.79 Å². The van der Waals surface area contributed by atoms with Gasteiger partial charge in [-0.2, -0.15) is 0 Å². The van der Waals surface area contributed by atoms with E-state index < -0.39 is 0 Å². The third kappa shape index (κ3) is 5.54. The zero-order valence-electron chi connectivity index (χ0n) is 16.0. The summed E-state index contributed by atoms with van der Waals surface area (Å²) in [7, 11) is 1.67. The van der Waals surface area contributed by atoms with Crippen LogP contribution in [0.5, 0.6) is 0 Å². The van der Waals surface area contributed by atoms with E-state index in [1.54, 1.807) is 18.4 Å². The summed E-state index contributed by atoms with van der Waals surface area (Å²) in [6.45, 7) is 4.73. The van der Waals surface area contributed by atoms with E-state index in [2.05, 4.69) is 42.6 Å². The SMILES string of the molecule is COCCOC1CCN(C(=O)N[C@H](c2ccc(C)cc2)c2cccs2)CC1. The number of nitrogens with one attached hydrogen (secondary N) is 1. The molecule has 1 fully saturated rings. The Morgan fingerprint density at radius 1 is 1.22 bits per heavy atom. The molecule has 1 aliphatic heterocycles. The zero-order valence-corrected chi connectivity index (χ0v) is 16.8. The number of carbonyl (C=O) groups is 1. The molecule has 2 amide bonds. The molecule has 1 aliphatic rings. The molecule has 2 heterocycles. The number of carbonyl (C=O) groups excluding carboxylic acids is 1. The lowest BCUT2D eigenvalue weighted by atomic mass is 10.0. The molecule has 146 valence electrons. The maximum absolute atomic E-state index is 12.9. The van der Waals surface area contributed by atoms with Crippen LogP contribution in [-0.4, -0.2) is 50.4 Å². The van der Waals surface area contributed by atoms with E-state index in [9.17, 15) is 4.79 Å². The molecule has 0 saturated carbocycles. The van der Waals surface area contributed by atoms with Crippen LogP contribution in [0.3, 0.4) is 0 Å². The Bertz CT molecular complexity index is 695. The summed E-state index contributed by atoms with van der Waals surface area (Å²) >= 11 is 1.67. The molecule has 0 bridgehead atoms. The molecule has 1 aromatic heterocycles. The van der Waals surface area contributed by atoms with Crippen molar-refractivity contribution in [3.05, 3.63) is 57.8 Å². The second-order valence-electron chi connectivity index (χ2n) is 6.86. The third-order valence-corrected chi connectivity index (χ3v) is 5.81. The van der Waals surface area contributed by atoms with E-state index in [1.165, 1.54) is 5.56 Å². The Kier molecular flexibility index (Phi) is 7.26. The molecule has 3 rings (SSSR count). The lowest BCUT2D eigenvalue weighted by Gasteiger charge is -2.33. The Labute approximate surface area is 165 Å². The number of thiophene rings is 1. The van der Waals surface area contributed by atoms with Crippen LogP contribution in [-0.2, 0) is 9.47 Å². The Balaban J connectivity index is 1.60. The number of aryl methyl sites for hydroxylation is 1. The van der Waals surface area contributed by atoms with Crippen LogP contribution < -0.4 is 5.32 Å². The molecule has 0 spiro atoms. The molecule has 2 aromatic rings. The van der Waals surface area contributed by atoms with Crippen molar-refractivity contribution in [1.29, 1.82) is 0 Å². The molecular weight excluding hydrogens is 360 g/mol. The van der Waals surface area contributed by atoms with Gasteiger partial charge in [0, 0.05) is 25.1 Å². The van der Waals surface area contributed by atoms with Crippen molar-refractivity contribution in [3.8, 4) is 0 Å². The number of ether oxygens (including phenoxy) is 2. The highest BCUT2D eigenvalue weighted by atomic mass is 32.1. The van der Waals surface area contributed by atoms with Gasteiger partial charge in [-0.1, -0.05) is 35.9 Å². The second-order valence-corrected chi connectivity index (χ2v) is 7.84. The van der Waals surface area contributed by atoms with Crippen molar-refractivity contribution in [1.82, 2.24) is 10.2 Å². The number of hydrogen-bond donors (Lipinski definition) is 1. The lowest BCUT2D eigenvalue weighted by Crippen LogP contribution is -2.47. The van der Waals surface area contributed by atoms with Crippen LogP contribution in [0, 0.1) is 6.92 Å². The molecule has 1 N–H and O–H groups in total. The molecule has 1 aromatic carbocycles. The van der Waals surface area contributed by atoms with Crippen LogP contribution in [0.4, 0.5) is 4.79 Å². The van der Waals surface area contributed by atoms with Gasteiger partial charge in [-0.3, -0.25) is 0 Å². The Hall–Kier alpha value is -1.89. The second kappa shape index (κ2) is 9.88. The minimum atomic E-state index is -0.117. The minimum absolute atomic E-state index is 0.00989. The Morgan fingerprint density at radius 2 is 1.96 bits per heavy atom. The van der Waals surface area contributed by atoms with Crippen molar-refractivity contribution in [2.75, 3.05) is 33.4 Å². The number of benzene rings is 1. The molecule has 0 aliphatic carbocycles. The summed E-state index contributed by atoms with van der Waals surface area (Å²) < 4.78 is 10.8. The van der Waals surface area contributed by atoms with Crippen molar-refractivity contribution in [2.45, 2.75) is 31.9 Å². The van der Waals surface area contributed by atoms with E-state index in [0.717, 1.165) is 23.3 Å². The molecule has 5 nitrogen and oxygen atoms in total. The normalized spacial score (nSPS) is 16.3.